The topological polar surface area (TPSA) is 69.6 Å². The van der Waals surface area contributed by atoms with Crippen LogP contribution >= 0.6 is 0 Å². The van der Waals surface area contributed by atoms with E-state index < -0.39 is 0 Å². The van der Waals surface area contributed by atoms with Crippen LogP contribution in [0.25, 0.3) is 0 Å². The van der Waals surface area contributed by atoms with Crippen molar-refractivity contribution >= 4 is 11.7 Å². The molecule has 0 radical (unpaired) electrons. The van der Waals surface area contributed by atoms with E-state index in [4.69, 9.17) is 5.21 Å². The summed E-state index contributed by atoms with van der Waals surface area (Å²) >= 11 is 0. The van der Waals surface area contributed by atoms with Gasteiger partial charge >= 0.3 is 0 Å². The molecule has 74 valence electrons. The van der Waals surface area contributed by atoms with Crippen molar-refractivity contribution in [1.29, 1.82) is 0 Å². The maximum Gasteiger partial charge on any atom is 0.245 e. The molecule has 1 fully saturated rings. The first-order valence-corrected chi connectivity index (χ1v) is 4.16. The lowest BCUT2D eigenvalue weighted by atomic mass is 9.88. The molecular weight excluding hydrogens is 172 g/mol. The molecule has 0 aromatic carbocycles. The molecule has 1 heterocycles. The normalized spacial score (nSPS) is 23.2. The minimum atomic E-state index is -0.377. The predicted octanol–water partition coefficient (Wildman–Crippen LogP) is 0.0979. The van der Waals surface area contributed by atoms with Gasteiger partial charge in [0.15, 0.2) is 0 Å². The Labute approximate surface area is 76.6 Å². The van der Waals surface area contributed by atoms with Crippen molar-refractivity contribution in [2.75, 3.05) is 6.54 Å². The molecule has 0 aliphatic carbocycles. The highest BCUT2D eigenvalue weighted by molar-refractivity contribution is 5.98. The fraction of sp³-hybridized carbons (Fsp3) is 0.750. The zero-order valence-electron chi connectivity index (χ0n) is 7.83. The van der Waals surface area contributed by atoms with Gasteiger partial charge in [0.2, 0.25) is 5.91 Å². The lowest BCUT2D eigenvalue weighted by Crippen LogP contribution is -2.44. The summed E-state index contributed by atoms with van der Waals surface area (Å²) in [4.78, 5) is 22.4. The molecular formula is C8H14N2O3. The Morgan fingerprint density at radius 1 is 1.46 bits per heavy atom. The lowest BCUT2D eigenvalue weighted by molar-refractivity contribution is -0.146. The molecule has 0 spiro atoms. The monoisotopic (exact) mass is 186 g/mol. The molecule has 0 aromatic rings. The molecule has 1 rings (SSSR count). The Morgan fingerprint density at radius 3 is 2.62 bits per heavy atom. The van der Waals surface area contributed by atoms with E-state index in [1.807, 2.05) is 13.8 Å². The van der Waals surface area contributed by atoms with Gasteiger partial charge in [-0.3, -0.25) is 19.8 Å². The maximum absolute atomic E-state index is 11.2. The van der Waals surface area contributed by atoms with E-state index in [1.54, 1.807) is 5.59 Å². The second-order valence-electron chi connectivity index (χ2n) is 4.14. The fourth-order valence-electron chi connectivity index (χ4n) is 1.52. The zero-order chi connectivity index (χ0) is 10.1. The smallest absolute Gasteiger partial charge is 0.245 e. The van der Waals surface area contributed by atoms with Gasteiger partial charge in [-0.05, 0) is 5.41 Å². The van der Waals surface area contributed by atoms with Crippen LogP contribution < -0.4 is 5.59 Å². The van der Waals surface area contributed by atoms with Crippen LogP contribution in [0.4, 0.5) is 0 Å². The van der Waals surface area contributed by atoms with Gasteiger partial charge in [-0.15, -0.1) is 5.59 Å². The Balaban J connectivity index is 2.81. The molecule has 1 aliphatic rings. The average molecular weight is 186 g/mol. The standard InChI is InChI=1S/C8H14N2O3/c1-8(2)4-6(11)3-7(12)10(5-8)9-13/h9,13H,3-5H2,1-2H3. The van der Waals surface area contributed by atoms with Crippen LogP contribution in [-0.2, 0) is 9.59 Å². The highest BCUT2D eigenvalue weighted by atomic mass is 16.5. The molecule has 1 amide bonds. The van der Waals surface area contributed by atoms with Crippen molar-refractivity contribution < 1.29 is 14.8 Å². The summed E-state index contributed by atoms with van der Waals surface area (Å²) in [6.07, 6.45) is 0.244. The van der Waals surface area contributed by atoms with Crippen molar-refractivity contribution in [3.05, 3.63) is 0 Å². The Hall–Kier alpha value is -0.940. The lowest BCUT2D eigenvalue weighted by Gasteiger charge is -2.26. The second kappa shape index (κ2) is 3.43. The fourth-order valence-corrected chi connectivity index (χ4v) is 1.52. The van der Waals surface area contributed by atoms with Gasteiger partial charge in [0.05, 0.1) is 6.42 Å². The molecule has 0 atom stereocenters. The molecule has 1 saturated heterocycles. The summed E-state index contributed by atoms with van der Waals surface area (Å²) in [5.74, 6) is -0.453. The first-order valence-electron chi connectivity index (χ1n) is 4.16. The van der Waals surface area contributed by atoms with E-state index >= 15 is 0 Å². The van der Waals surface area contributed by atoms with Crippen molar-refractivity contribution in [3.8, 4) is 0 Å². The summed E-state index contributed by atoms with van der Waals surface area (Å²) in [6.45, 7) is 4.11. The Morgan fingerprint density at radius 2 is 2.08 bits per heavy atom. The Bertz CT molecular complexity index is 238. The number of hydrogen-bond donors (Lipinski definition) is 2. The van der Waals surface area contributed by atoms with Crippen LogP contribution in [0.5, 0.6) is 0 Å². The minimum absolute atomic E-state index is 0.0762. The number of carbonyl (C=O) groups is 2. The number of Topliss-reactive ketones (excluding diaryl/α,β-unsaturated/α-hetero) is 1. The molecule has 0 aromatic heterocycles. The van der Waals surface area contributed by atoms with Crippen molar-refractivity contribution in [2.45, 2.75) is 26.7 Å². The van der Waals surface area contributed by atoms with Gasteiger partial charge in [-0.25, -0.2) is 0 Å². The van der Waals surface area contributed by atoms with Gasteiger partial charge in [0, 0.05) is 13.0 Å². The molecule has 13 heavy (non-hydrogen) atoms. The molecule has 2 N–H and O–H groups in total. The zero-order valence-corrected chi connectivity index (χ0v) is 7.83. The maximum atomic E-state index is 11.2. The van der Waals surface area contributed by atoms with Crippen LogP contribution in [0.2, 0.25) is 0 Å². The summed E-state index contributed by atoms with van der Waals surface area (Å²) < 4.78 is 0. The highest BCUT2D eigenvalue weighted by Gasteiger charge is 2.32. The number of amides is 1. The minimum Gasteiger partial charge on any atom is -0.299 e. The van der Waals surface area contributed by atoms with E-state index in [0.29, 0.717) is 13.0 Å². The molecule has 5 nitrogen and oxygen atoms in total. The van der Waals surface area contributed by atoms with Gasteiger partial charge in [-0.2, -0.15) is 0 Å². The molecule has 5 heteroatoms. The first kappa shape index (κ1) is 10.1. The number of carbonyl (C=O) groups excluding carboxylic acids is 2. The number of ketones is 1. The third-order valence-electron chi connectivity index (χ3n) is 2.03. The summed E-state index contributed by atoms with van der Waals surface area (Å²) in [7, 11) is 0. The van der Waals surface area contributed by atoms with E-state index in [0.717, 1.165) is 5.01 Å². The third-order valence-corrected chi connectivity index (χ3v) is 2.03. The van der Waals surface area contributed by atoms with E-state index in [9.17, 15) is 9.59 Å². The van der Waals surface area contributed by atoms with E-state index in [2.05, 4.69) is 0 Å². The number of nitrogens with zero attached hydrogens (tertiary/aromatic N) is 1. The summed E-state index contributed by atoms with van der Waals surface area (Å²) in [5, 5.41) is 9.72. The van der Waals surface area contributed by atoms with Crippen LogP contribution in [-0.4, -0.2) is 28.5 Å². The predicted molar refractivity (Wildman–Crippen MR) is 44.7 cm³/mol. The number of rotatable bonds is 1. The molecule has 1 aliphatic heterocycles. The second-order valence-corrected chi connectivity index (χ2v) is 4.14. The number of hydrogen-bond acceptors (Lipinski definition) is 4. The van der Waals surface area contributed by atoms with Gasteiger partial charge in [0.1, 0.15) is 5.78 Å². The van der Waals surface area contributed by atoms with Crippen molar-refractivity contribution in [2.24, 2.45) is 5.41 Å². The molecule has 0 bridgehead atoms. The Kier molecular flexibility index (Phi) is 2.68. The summed E-state index contributed by atoms with van der Waals surface area (Å²) in [5.41, 5.74) is 1.52. The van der Waals surface area contributed by atoms with Crippen molar-refractivity contribution in [1.82, 2.24) is 10.6 Å². The first-order chi connectivity index (χ1) is 5.94. The third kappa shape index (κ3) is 2.50. The van der Waals surface area contributed by atoms with Gasteiger partial charge in [-0.1, -0.05) is 13.8 Å². The van der Waals surface area contributed by atoms with Crippen molar-refractivity contribution in [3.63, 3.8) is 0 Å². The van der Waals surface area contributed by atoms with Gasteiger partial charge < -0.3 is 0 Å². The largest absolute Gasteiger partial charge is 0.299 e. The van der Waals surface area contributed by atoms with Crippen LogP contribution in [0.1, 0.15) is 26.7 Å². The van der Waals surface area contributed by atoms with Crippen LogP contribution in [0.3, 0.4) is 0 Å². The SMILES string of the molecule is CC1(C)CC(=O)CC(=O)N(NO)C1. The summed E-state index contributed by atoms with van der Waals surface area (Å²) in [6, 6.07) is 0. The van der Waals surface area contributed by atoms with E-state index in [1.165, 1.54) is 0 Å². The molecule has 0 unspecified atom stereocenters. The highest BCUT2D eigenvalue weighted by Crippen LogP contribution is 2.25. The number of hydrazine groups is 1. The quantitative estimate of drug-likeness (QED) is 0.450. The van der Waals surface area contributed by atoms with Gasteiger partial charge in [0.25, 0.3) is 0 Å². The van der Waals surface area contributed by atoms with E-state index in [-0.39, 0.29) is 23.5 Å². The molecule has 0 saturated carbocycles. The average Bonchev–Trinajstić information content (AvgIpc) is 2.06. The van der Waals surface area contributed by atoms with Crippen LogP contribution in [0.15, 0.2) is 0 Å². The van der Waals surface area contributed by atoms with Crippen LogP contribution in [0, 0.1) is 5.41 Å². The number of nitrogens with one attached hydrogen (secondary N) is 1.